The molecule has 0 aliphatic heterocycles. The average Bonchev–Trinajstić information content (AvgIpc) is 2.48. The van der Waals surface area contributed by atoms with E-state index in [1.54, 1.807) is 12.3 Å². The van der Waals surface area contributed by atoms with E-state index in [1.807, 2.05) is 49.5 Å². The number of hydrogen-bond acceptors (Lipinski definition) is 3. The van der Waals surface area contributed by atoms with Gasteiger partial charge in [-0.1, -0.05) is 30.3 Å². The van der Waals surface area contributed by atoms with Crippen molar-refractivity contribution in [2.24, 2.45) is 0 Å². The minimum atomic E-state index is 0.0157. The molecule has 3 heteroatoms. The number of fused-ring (bicyclic) bond motifs is 1. The summed E-state index contributed by atoms with van der Waals surface area (Å²) in [5.74, 6) is 0.311. The number of rotatable bonds is 3. The van der Waals surface area contributed by atoms with Gasteiger partial charge >= 0.3 is 0 Å². The van der Waals surface area contributed by atoms with Crippen LogP contribution in [0.1, 0.15) is 18.5 Å². The first-order valence-electron chi connectivity index (χ1n) is 6.63. The normalized spacial score (nSPS) is 12.2. The minimum Gasteiger partial charge on any atom is -0.508 e. The fourth-order valence-corrected chi connectivity index (χ4v) is 2.40. The molecule has 0 aliphatic rings. The number of hydrogen-bond donors (Lipinski definition) is 2. The van der Waals surface area contributed by atoms with Gasteiger partial charge in [0.2, 0.25) is 0 Å². The third-order valence-electron chi connectivity index (χ3n) is 3.46. The number of phenolic OH excluding ortho intramolecular Hbond substituents is 1. The number of anilines is 1. The lowest BCUT2D eigenvalue weighted by Crippen LogP contribution is -2.07. The van der Waals surface area contributed by atoms with E-state index >= 15 is 0 Å². The maximum absolute atomic E-state index is 9.92. The third kappa shape index (κ3) is 2.30. The number of benzene rings is 2. The van der Waals surface area contributed by atoms with Gasteiger partial charge in [-0.15, -0.1) is 0 Å². The van der Waals surface area contributed by atoms with Crippen molar-refractivity contribution >= 4 is 16.5 Å². The Kier molecular flexibility index (Phi) is 3.25. The van der Waals surface area contributed by atoms with E-state index in [0.717, 1.165) is 22.0 Å². The molecule has 20 heavy (non-hydrogen) atoms. The number of para-hydroxylation sites is 1. The Morgan fingerprint density at radius 1 is 1.05 bits per heavy atom. The molecule has 100 valence electrons. The quantitative estimate of drug-likeness (QED) is 0.748. The average molecular weight is 264 g/mol. The van der Waals surface area contributed by atoms with E-state index in [2.05, 4.69) is 16.4 Å². The van der Waals surface area contributed by atoms with Crippen molar-refractivity contribution in [3.8, 4) is 5.75 Å². The van der Waals surface area contributed by atoms with Crippen LogP contribution in [0.25, 0.3) is 10.8 Å². The molecule has 0 aliphatic carbocycles. The van der Waals surface area contributed by atoms with Gasteiger partial charge in [-0.3, -0.25) is 4.98 Å². The van der Waals surface area contributed by atoms with Gasteiger partial charge in [0.15, 0.2) is 0 Å². The predicted molar refractivity (Wildman–Crippen MR) is 81.9 cm³/mol. The van der Waals surface area contributed by atoms with Gasteiger partial charge in [0.25, 0.3) is 0 Å². The lowest BCUT2D eigenvalue weighted by atomic mass is 10.1. The maximum Gasteiger partial charge on any atom is 0.120 e. The molecule has 0 saturated heterocycles. The van der Waals surface area contributed by atoms with Crippen LogP contribution in [0.15, 0.2) is 60.9 Å². The molecular formula is C17H16N2O. The molecule has 0 spiro atoms. The number of nitrogens with zero attached hydrogens (tertiary/aromatic N) is 1. The number of pyridine rings is 1. The topological polar surface area (TPSA) is 45.2 Å². The lowest BCUT2D eigenvalue weighted by Gasteiger charge is -2.18. The summed E-state index contributed by atoms with van der Waals surface area (Å²) in [7, 11) is 0. The lowest BCUT2D eigenvalue weighted by molar-refractivity contribution is 0.465. The Morgan fingerprint density at radius 2 is 1.90 bits per heavy atom. The Morgan fingerprint density at radius 3 is 2.75 bits per heavy atom. The summed E-state index contributed by atoms with van der Waals surface area (Å²) < 4.78 is 0. The molecule has 1 aromatic heterocycles. The van der Waals surface area contributed by atoms with E-state index in [1.165, 1.54) is 0 Å². The van der Waals surface area contributed by atoms with Crippen LogP contribution in [0.2, 0.25) is 0 Å². The minimum absolute atomic E-state index is 0.0157. The van der Waals surface area contributed by atoms with Crippen molar-refractivity contribution in [3.05, 3.63) is 66.5 Å². The first kappa shape index (κ1) is 12.5. The van der Waals surface area contributed by atoms with Crippen molar-refractivity contribution in [1.82, 2.24) is 4.98 Å². The second kappa shape index (κ2) is 5.21. The van der Waals surface area contributed by atoms with Crippen LogP contribution in [-0.2, 0) is 0 Å². The van der Waals surface area contributed by atoms with E-state index in [4.69, 9.17) is 0 Å². The van der Waals surface area contributed by atoms with E-state index in [0.29, 0.717) is 5.75 Å². The Bertz CT molecular complexity index is 734. The van der Waals surface area contributed by atoms with Gasteiger partial charge in [0.1, 0.15) is 5.75 Å². The maximum atomic E-state index is 9.92. The van der Waals surface area contributed by atoms with Gasteiger partial charge in [0, 0.05) is 29.0 Å². The number of nitrogens with one attached hydrogen (secondary N) is 1. The van der Waals surface area contributed by atoms with E-state index in [-0.39, 0.29) is 6.04 Å². The Labute approximate surface area is 117 Å². The summed E-state index contributed by atoms with van der Waals surface area (Å²) in [6.45, 7) is 2.03. The zero-order chi connectivity index (χ0) is 13.9. The van der Waals surface area contributed by atoms with Crippen molar-refractivity contribution in [1.29, 1.82) is 0 Å². The summed E-state index contributed by atoms with van der Waals surface area (Å²) in [5, 5.41) is 15.6. The highest BCUT2D eigenvalue weighted by Gasteiger charge is 2.10. The standard InChI is InChI=1S/C17H16N2O/c1-12(14-6-2-3-8-17(14)20)19-16-7-4-5-13-9-10-18-11-15(13)16/h2-12,19-20H,1H3. The highest BCUT2D eigenvalue weighted by Crippen LogP contribution is 2.29. The zero-order valence-corrected chi connectivity index (χ0v) is 11.2. The molecule has 2 N–H and O–H groups in total. The van der Waals surface area contributed by atoms with Crippen LogP contribution in [0.3, 0.4) is 0 Å². The van der Waals surface area contributed by atoms with Crippen molar-refractivity contribution in [3.63, 3.8) is 0 Å². The van der Waals surface area contributed by atoms with Gasteiger partial charge in [-0.25, -0.2) is 0 Å². The summed E-state index contributed by atoms with van der Waals surface area (Å²) in [6, 6.07) is 15.5. The van der Waals surface area contributed by atoms with Gasteiger partial charge < -0.3 is 10.4 Å². The summed E-state index contributed by atoms with van der Waals surface area (Å²) >= 11 is 0. The van der Waals surface area contributed by atoms with Crippen molar-refractivity contribution < 1.29 is 5.11 Å². The molecule has 1 atom stereocenters. The highest BCUT2D eigenvalue weighted by molar-refractivity contribution is 5.93. The SMILES string of the molecule is CC(Nc1cccc2ccncc12)c1ccccc1O. The Hall–Kier alpha value is -2.55. The van der Waals surface area contributed by atoms with Gasteiger partial charge in [-0.2, -0.15) is 0 Å². The summed E-state index contributed by atoms with van der Waals surface area (Å²) in [5.41, 5.74) is 1.90. The largest absolute Gasteiger partial charge is 0.508 e. The smallest absolute Gasteiger partial charge is 0.120 e. The number of aromatic hydroxyl groups is 1. The van der Waals surface area contributed by atoms with Crippen LogP contribution in [0, 0.1) is 0 Å². The predicted octanol–water partition coefficient (Wildman–Crippen LogP) is 4.11. The third-order valence-corrected chi connectivity index (χ3v) is 3.46. The molecule has 1 unspecified atom stereocenters. The fraction of sp³-hybridized carbons (Fsp3) is 0.118. The number of phenols is 1. The summed E-state index contributed by atoms with van der Waals surface area (Å²) in [6.07, 6.45) is 3.65. The van der Waals surface area contributed by atoms with Crippen LogP contribution >= 0.6 is 0 Å². The fourth-order valence-electron chi connectivity index (χ4n) is 2.40. The number of aromatic nitrogens is 1. The molecule has 3 aromatic rings. The van der Waals surface area contributed by atoms with Crippen LogP contribution in [0.5, 0.6) is 5.75 Å². The molecule has 0 radical (unpaired) electrons. The first-order valence-corrected chi connectivity index (χ1v) is 6.63. The highest BCUT2D eigenvalue weighted by atomic mass is 16.3. The summed E-state index contributed by atoms with van der Waals surface area (Å²) in [4.78, 5) is 4.18. The first-order chi connectivity index (χ1) is 9.75. The van der Waals surface area contributed by atoms with Crippen LogP contribution < -0.4 is 5.32 Å². The molecule has 0 saturated carbocycles. The monoisotopic (exact) mass is 264 g/mol. The van der Waals surface area contributed by atoms with Gasteiger partial charge in [0.05, 0.1) is 6.04 Å². The van der Waals surface area contributed by atoms with Crippen LogP contribution in [0.4, 0.5) is 5.69 Å². The van der Waals surface area contributed by atoms with Crippen molar-refractivity contribution in [2.75, 3.05) is 5.32 Å². The molecule has 3 rings (SSSR count). The molecule has 1 heterocycles. The van der Waals surface area contributed by atoms with Gasteiger partial charge in [-0.05, 0) is 30.5 Å². The Balaban J connectivity index is 1.96. The van der Waals surface area contributed by atoms with Crippen LogP contribution in [-0.4, -0.2) is 10.1 Å². The van der Waals surface area contributed by atoms with Crippen molar-refractivity contribution in [2.45, 2.75) is 13.0 Å². The molecular weight excluding hydrogens is 248 g/mol. The second-order valence-corrected chi connectivity index (χ2v) is 4.83. The molecule has 0 bridgehead atoms. The molecule has 3 nitrogen and oxygen atoms in total. The molecule has 2 aromatic carbocycles. The molecule has 0 fully saturated rings. The van der Waals surface area contributed by atoms with E-state index in [9.17, 15) is 5.11 Å². The second-order valence-electron chi connectivity index (χ2n) is 4.83. The zero-order valence-electron chi connectivity index (χ0n) is 11.2. The van der Waals surface area contributed by atoms with E-state index < -0.39 is 0 Å². The molecule has 0 amide bonds.